The predicted octanol–water partition coefficient (Wildman–Crippen LogP) is 0.761. The smallest absolute Gasteiger partial charge is 0.211 e. The van der Waals surface area contributed by atoms with Crippen LogP contribution in [0.3, 0.4) is 0 Å². The van der Waals surface area contributed by atoms with E-state index in [1.165, 1.54) is 18.4 Å². The standard InChI is InChI=1S/C13H19N5/c14-13(15)18-17-9-10-1-3-11(4-2-10)12-5-7-16-8-6-12/h1-4,9,12,16H,5-8H2,(H4,14,15,18)/b17-9-. The summed E-state index contributed by atoms with van der Waals surface area (Å²) in [5.41, 5.74) is 12.8. The van der Waals surface area contributed by atoms with Crippen LogP contribution in [0.4, 0.5) is 0 Å². The van der Waals surface area contributed by atoms with Crippen molar-refractivity contribution < 1.29 is 0 Å². The Kier molecular flexibility index (Phi) is 4.30. The first-order chi connectivity index (χ1) is 8.75. The van der Waals surface area contributed by atoms with E-state index in [-0.39, 0.29) is 5.96 Å². The van der Waals surface area contributed by atoms with E-state index in [1.807, 2.05) is 12.1 Å². The number of nitrogens with one attached hydrogen (secondary N) is 1. The lowest BCUT2D eigenvalue weighted by molar-refractivity contribution is 0.460. The molecule has 0 unspecified atom stereocenters. The molecule has 1 aliphatic rings. The van der Waals surface area contributed by atoms with Crippen LogP contribution in [0.5, 0.6) is 0 Å². The van der Waals surface area contributed by atoms with Gasteiger partial charge in [-0.15, -0.1) is 5.10 Å². The summed E-state index contributed by atoms with van der Waals surface area (Å²) in [6.45, 7) is 2.22. The van der Waals surface area contributed by atoms with Crippen molar-refractivity contribution in [2.75, 3.05) is 13.1 Å². The minimum Gasteiger partial charge on any atom is -0.369 e. The van der Waals surface area contributed by atoms with Gasteiger partial charge in [-0.1, -0.05) is 24.3 Å². The van der Waals surface area contributed by atoms with Gasteiger partial charge in [0.1, 0.15) is 0 Å². The normalized spacial score (nSPS) is 16.9. The molecule has 1 aromatic rings. The molecule has 0 aromatic heterocycles. The molecule has 0 bridgehead atoms. The van der Waals surface area contributed by atoms with Gasteiger partial charge in [0, 0.05) is 0 Å². The fourth-order valence-electron chi connectivity index (χ4n) is 2.17. The summed E-state index contributed by atoms with van der Waals surface area (Å²) < 4.78 is 0. The van der Waals surface area contributed by atoms with Gasteiger partial charge in [-0.3, -0.25) is 0 Å². The lowest BCUT2D eigenvalue weighted by atomic mass is 9.90. The van der Waals surface area contributed by atoms with Gasteiger partial charge in [0.05, 0.1) is 6.21 Å². The molecule has 1 aliphatic heterocycles. The summed E-state index contributed by atoms with van der Waals surface area (Å²) >= 11 is 0. The number of nitrogens with two attached hydrogens (primary N) is 2. The molecule has 96 valence electrons. The molecule has 1 aromatic carbocycles. The number of guanidine groups is 1. The minimum absolute atomic E-state index is 0.0300. The highest BCUT2D eigenvalue weighted by Gasteiger charge is 2.14. The van der Waals surface area contributed by atoms with E-state index in [0.717, 1.165) is 18.7 Å². The number of hydrogen-bond donors (Lipinski definition) is 3. The topological polar surface area (TPSA) is 88.8 Å². The first-order valence-electron chi connectivity index (χ1n) is 6.18. The predicted molar refractivity (Wildman–Crippen MR) is 74.7 cm³/mol. The summed E-state index contributed by atoms with van der Waals surface area (Å²) in [7, 11) is 0. The first kappa shape index (κ1) is 12.6. The van der Waals surface area contributed by atoms with Crippen LogP contribution in [-0.2, 0) is 0 Å². The van der Waals surface area contributed by atoms with Crippen LogP contribution in [0, 0.1) is 0 Å². The van der Waals surface area contributed by atoms with Crippen molar-refractivity contribution in [2.24, 2.45) is 21.7 Å². The van der Waals surface area contributed by atoms with Gasteiger partial charge in [0.25, 0.3) is 0 Å². The maximum absolute atomic E-state index is 5.19. The molecule has 2 rings (SSSR count). The van der Waals surface area contributed by atoms with E-state index in [2.05, 4.69) is 27.7 Å². The largest absolute Gasteiger partial charge is 0.369 e. The summed E-state index contributed by atoms with van der Waals surface area (Å²) in [4.78, 5) is 0. The Balaban J connectivity index is 2.00. The zero-order chi connectivity index (χ0) is 12.8. The number of rotatable bonds is 3. The minimum atomic E-state index is -0.0300. The SMILES string of the molecule is NC(N)=N/N=C\c1ccc(C2CCNCC2)cc1. The van der Waals surface area contributed by atoms with E-state index >= 15 is 0 Å². The van der Waals surface area contributed by atoms with Crippen LogP contribution in [0.2, 0.25) is 0 Å². The van der Waals surface area contributed by atoms with E-state index < -0.39 is 0 Å². The molecule has 0 atom stereocenters. The molecule has 18 heavy (non-hydrogen) atoms. The summed E-state index contributed by atoms with van der Waals surface area (Å²) in [6.07, 6.45) is 4.06. The second-order valence-electron chi connectivity index (χ2n) is 4.46. The summed E-state index contributed by atoms with van der Waals surface area (Å²) in [5, 5.41) is 10.7. The Labute approximate surface area is 107 Å². The third-order valence-electron chi connectivity index (χ3n) is 3.13. The molecule has 0 radical (unpaired) electrons. The zero-order valence-corrected chi connectivity index (χ0v) is 10.3. The van der Waals surface area contributed by atoms with E-state index in [4.69, 9.17) is 11.5 Å². The maximum Gasteiger partial charge on any atom is 0.211 e. The highest BCUT2D eigenvalue weighted by molar-refractivity contribution is 5.81. The van der Waals surface area contributed by atoms with Crippen molar-refractivity contribution in [1.82, 2.24) is 5.32 Å². The van der Waals surface area contributed by atoms with Gasteiger partial charge < -0.3 is 16.8 Å². The molecular formula is C13H19N5. The molecule has 5 nitrogen and oxygen atoms in total. The number of hydrogen-bond acceptors (Lipinski definition) is 3. The Morgan fingerprint density at radius 3 is 2.44 bits per heavy atom. The van der Waals surface area contributed by atoms with Gasteiger partial charge in [-0.05, 0) is 43.0 Å². The van der Waals surface area contributed by atoms with E-state index in [0.29, 0.717) is 5.92 Å². The number of piperidine rings is 1. The molecule has 5 N–H and O–H groups in total. The van der Waals surface area contributed by atoms with Crippen molar-refractivity contribution in [3.05, 3.63) is 35.4 Å². The van der Waals surface area contributed by atoms with Crippen molar-refractivity contribution in [3.63, 3.8) is 0 Å². The van der Waals surface area contributed by atoms with Crippen molar-refractivity contribution in [2.45, 2.75) is 18.8 Å². The average molecular weight is 245 g/mol. The molecule has 0 saturated carbocycles. The van der Waals surface area contributed by atoms with Crippen molar-refractivity contribution >= 4 is 12.2 Å². The number of nitrogens with zero attached hydrogens (tertiary/aromatic N) is 2. The van der Waals surface area contributed by atoms with Gasteiger partial charge >= 0.3 is 0 Å². The lowest BCUT2D eigenvalue weighted by Crippen LogP contribution is -2.26. The summed E-state index contributed by atoms with van der Waals surface area (Å²) in [5.74, 6) is 0.646. The Hall–Kier alpha value is -1.88. The Bertz CT molecular complexity index is 425. The fraction of sp³-hybridized carbons (Fsp3) is 0.385. The van der Waals surface area contributed by atoms with Crippen LogP contribution < -0.4 is 16.8 Å². The van der Waals surface area contributed by atoms with E-state index in [1.54, 1.807) is 6.21 Å². The second kappa shape index (κ2) is 6.16. The van der Waals surface area contributed by atoms with E-state index in [9.17, 15) is 0 Å². The van der Waals surface area contributed by atoms with Crippen molar-refractivity contribution in [3.8, 4) is 0 Å². The molecule has 0 aliphatic carbocycles. The molecular weight excluding hydrogens is 226 g/mol. The first-order valence-corrected chi connectivity index (χ1v) is 6.18. The lowest BCUT2D eigenvalue weighted by Gasteiger charge is -2.22. The Morgan fingerprint density at radius 1 is 1.17 bits per heavy atom. The van der Waals surface area contributed by atoms with Gasteiger partial charge in [-0.2, -0.15) is 5.10 Å². The highest BCUT2D eigenvalue weighted by atomic mass is 15.3. The van der Waals surface area contributed by atoms with Crippen LogP contribution in [-0.4, -0.2) is 25.3 Å². The third kappa shape index (κ3) is 3.56. The highest BCUT2D eigenvalue weighted by Crippen LogP contribution is 2.24. The zero-order valence-electron chi connectivity index (χ0n) is 10.3. The van der Waals surface area contributed by atoms with Crippen molar-refractivity contribution in [1.29, 1.82) is 0 Å². The van der Waals surface area contributed by atoms with Gasteiger partial charge in [0.15, 0.2) is 0 Å². The van der Waals surface area contributed by atoms with Gasteiger partial charge in [0.2, 0.25) is 5.96 Å². The maximum atomic E-state index is 5.19. The summed E-state index contributed by atoms with van der Waals surface area (Å²) in [6, 6.07) is 8.41. The average Bonchev–Trinajstić information content (AvgIpc) is 2.40. The van der Waals surface area contributed by atoms with Gasteiger partial charge in [-0.25, -0.2) is 0 Å². The second-order valence-corrected chi connectivity index (χ2v) is 4.46. The van der Waals surface area contributed by atoms with Crippen LogP contribution >= 0.6 is 0 Å². The quantitative estimate of drug-likeness (QED) is 0.417. The Morgan fingerprint density at radius 2 is 1.83 bits per heavy atom. The monoisotopic (exact) mass is 245 g/mol. The molecule has 1 heterocycles. The molecule has 0 spiro atoms. The molecule has 0 amide bonds. The molecule has 1 saturated heterocycles. The fourth-order valence-corrected chi connectivity index (χ4v) is 2.17. The van der Waals surface area contributed by atoms with Crippen LogP contribution in [0.15, 0.2) is 34.5 Å². The molecule has 1 fully saturated rings. The van der Waals surface area contributed by atoms with Crippen LogP contribution in [0.25, 0.3) is 0 Å². The van der Waals surface area contributed by atoms with Crippen LogP contribution in [0.1, 0.15) is 29.9 Å². The molecule has 5 heteroatoms. The third-order valence-corrected chi connectivity index (χ3v) is 3.13. The number of benzene rings is 1.